The summed E-state index contributed by atoms with van der Waals surface area (Å²) in [6.45, 7) is 17.7. The zero-order valence-electron chi connectivity index (χ0n) is 23.2. The van der Waals surface area contributed by atoms with Gasteiger partial charge in [0.25, 0.3) is 0 Å². The highest BCUT2D eigenvalue weighted by atomic mass is 28.3. The van der Waals surface area contributed by atoms with Gasteiger partial charge in [-0.15, -0.1) is 0 Å². The number of hydrogen-bond donors (Lipinski definition) is 0. The maximum atomic E-state index is 15.2. The molecule has 190 valence electrons. The monoisotopic (exact) mass is 500 g/mol. The number of rotatable bonds is 3. The van der Waals surface area contributed by atoms with Gasteiger partial charge in [0.1, 0.15) is 17.2 Å². The minimum Gasteiger partial charge on any atom is -0.488 e. The molecule has 0 saturated heterocycles. The van der Waals surface area contributed by atoms with E-state index in [9.17, 15) is 0 Å². The third-order valence-electron chi connectivity index (χ3n) is 8.56. The molecule has 1 saturated carbocycles. The first-order valence-electron chi connectivity index (χ1n) is 13.5. The number of fused-ring (bicyclic) bond motifs is 6. The van der Waals surface area contributed by atoms with E-state index in [1.807, 2.05) is 6.07 Å². The van der Waals surface area contributed by atoms with Gasteiger partial charge in [0.05, 0.1) is 8.07 Å². The predicted molar refractivity (Wildman–Crippen MR) is 153 cm³/mol. The summed E-state index contributed by atoms with van der Waals surface area (Å²) in [5, 5.41) is 1.15. The molecular weight excluding hydrogens is 459 g/mol. The molecule has 2 atom stereocenters. The molecule has 3 aromatic carbocycles. The first-order chi connectivity index (χ1) is 16.8. The molecule has 36 heavy (non-hydrogen) atoms. The maximum absolute atomic E-state index is 15.2. The molecule has 0 spiro atoms. The van der Waals surface area contributed by atoms with E-state index in [2.05, 4.69) is 103 Å². The van der Waals surface area contributed by atoms with Gasteiger partial charge in [-0.05, 0) is 96.0 Å². The molecule has 2 unspecified atom stereocenters. The highest BCUT2D eigenvalue weighted by Gasteiger charge is 2.48. The number of benzene rings is 3. The van der Waals surface area contributed by atoms with Gasteiger partial charge in [0, 0.05) is 5.56 Å². The van der Waals surface area contributed by atoms with Crippen LogP contribution in [0.1, 0.15) is 82.9 Å². The lowest BCUT2D eigenvalue weighted by molar-refractivity contribution is 0.129. The molecule has 0 aliphatic heterocycles. The summed E-state index contributed by atoms with van der Waals surface area (Å²) in [5.74, 6) is 1.85. The summed E-state index contributed by atoms with van der Waals surface area (Å²) >= 11 is 0. The summed E-state index contributed by atoms with van der Waals surface area (Å²) < 4.78 is 21.9. The van der Waals surface area contributed by atoms with Crippen LogP contribution in [-0.4, -0.2) is 13.7 Å². The fourth-order valence-electron chi connectivity index (χ4n) is 6.71. The average molecular weight is 501 g/mol. The Bertz CT molecular complexity index is 1240. The van der Waals surface area contributed by atoms with Crippen LogP contribution >= 0.6 is 0 Å². The van der Waals surface area contributed by atoms with E-state index in [0.29, 0.717) is 17.4 Å². The first kappa shape index (κ1) is 25.3. The number of halogens is 1. The van der Waals surface area contributed by atoms with Crippen LogP contribution in [0.4, 0.5) is 4.39 Å². The highest BCUT2D eigenvalue weighted by molar-refractivity contribution is 6.91. The molecule has 0 heterocycles. The second-order valence-electron chi connectivity index (χ2n) is 13.6. The second-order valence-corrected chi connectivity index (χ2v) is 18.4. The molecule has 0 radical (unpaired) electrons. The molecule has 2 aliphatic carbocycles. The maximum Gasteiger partial charge on any atom is 0.123 e. The minimum absolute atomic E-state index is 0.136. The van der Waals surface area contributed by atoms with Crippen molar-refractivity contribution in [1.82, 2.24) is 0 Å². The molecule has 1 fully saturated rings. The predicted octanol–water partition coefficient (Wildman–Crippen LogP) is 8.93. The van der Waals surface area contributed by atoms with Crippen molar-refractivity contribution >= 4 is 13.3 Å². The summed E-state index contributed by atoms with van der Waals surface area (Å²) in [6.07, 6.45) is 2.32. The van der Waals surface area contributed by atoms with E-state index in [1.54, 1.807) is 6.07 Å². The molecule has 0 aromatic heterocycles. The Morgan fingerprint density at radius 3 is 1.75 bits per heavy atom. The van der Waals surface area contributed by atoms with Crippen LogP contribution in [0.3, 0.4) is 0 Å². The molecule has 3 heteroatoms. The smallest absolute Gasteiger partial charge is 0.123 e. The molecular formula is C33H41FOSi. The largest absolute Gasteiger partial charge is 0.488 e. The van der Waals surface area contributed by atoms with E-state index < -0.39 is 8.07 Å². The van der Waals surface area contributed by atoms with Gasteiger partial charge < -0.3 is 4.74 Å². The van der Waals surface area contributed by atoms with Gasteiger partial charge in [-0.3, -0.25) is 0 Å². The van der Waals surface area contributed by atoms with Gasteiger partial charge in [0.2, 0.25) is 0 Å². The van der Waals surface area contributed by atoms with E-state index in [-0.39, 0.29) is 16.8 Å². The SMILES string of the molecule is CC(C)(C)Oc1c(C(C)(C)C)cc(F)cc1[Si](C)(C)C1CC2c3ccccc3-c3ccccc3C2C1. The minimum atomic E-state index is -2.13. The van der Waals surface area contributed by atoms with Crippen LogP contribution in [-0.2, 0) is 5.41 Å². The molecule has 3 aromatic rings. The molecule has 2 aliphatic rings. The van der Waals surface area contributed by atoms with Gasteiger partial charge in [-0.1, -0.05) is 82.4 Å². The Hall–Kier alpha value is -2.39. The van der Waals surface area contributed by atoms with Crippen molar-refractivity contribution in [1.29, 1.82) is 0 Å². The Morgan fingerprint density at radius 2 is 1.28 bits per heavy atom. The average Bonchev–Trinajstić information content (AvgIpc) is 3.25. The van der Waals surface area contributed by atoms with Crippen molar-refractivity contribution in [3.8, 4) is 16.9 Å². The van der Waals surface area contributed by atoms with Crippen LogP contribution in [0, 0.1) is 5.82 Å². The Morgan fingerprint density at radius 1 is 0.778 bits per heavy atom. The van der Waals surface area contributed by atoms with Gasteiger partial charge in [-0.25, -0.2) is 4.39 Å². The molecule has 0 N–H and O–H groups in total. The summed E-state index contributed by atoms with van der Waals surface area (Å²) in [6, 6.07) is 21.5. The molecule has 5 rings (SSSR count). The van der Waals surface area contributed by atoms with Crippen LogP contribution in [0.2, 0.25) is 18.6 Å². The third-order valence-corrected chi connectivity index (χ3v) is 12.8. The highest BCUT2D eigenvalue weighted by Crippen LogP contribution is 2.60. The normalized spacial score (nSPS) is 21.5. The quantitative estimate of drug-likeness (QED) is 0.326. The molecule has 1 nitrogen and oxygen atoms in total. The van der Waals surface area contributed by atoms with Crippen molar-refractivity contribution in [3.05, 3.63) is 83.2 Å². The summed E-state index contributed by atoms with van der Waals surface area (Å²) in [5.41, 5.74) is 6.76. The summed E-state index contributed by atoms with van der Waals surface area (Å²) in [7, 11) is -2.13. The lowest BCUT2D eigenvalue weighted by atomic mass is 9.73. The van der Waals surface area contributed by atoms with Gasteiger partial charge in [0.15, 0.2) is 0 Å². The van der Waals surface area contributed by atoms with Crippen LogP contribution in [0.25, 0.3) is 11.1 Å². The van der Waals surface area contributed by atoms with E-state index >= 15 is 4.39 Å². The summed E-state index contributed by atoms with van der Waals surface area (Å²) in [4.78, 5) is 0. The topological polar surface area (TPSA) is 9.23 Å². The van der Waals surface area contributed by atoms with Gasteiger partial charge in [-0.2, -0.15) is 0 Å². The van der Waals surface area contributed by atoms with Crippen molar-refractivity contribution < 1.29 is 9.13 Å². The Balaban J connectivity index is 1.62. The fourth-order valence-corrected chi connectivity index (χ4v) is 10.1. The number of ether oxygens (including phenoxy) is 1. The molecule has 0 bridgehead atoms. The fraction of sp³-hybridized carbons (Fsp3) is 0.455. The van der Waals surface area contributed by atoms with Crippen LogP contribution in [0.5, 0.6) is 5.75 Å². The van der Waals surface area contributed by atoms with Crippen molar-refractivity contribution in [2.75, 3.05) is 0 Å². The van der Waals surface area contributed by atoms with E-state index in [4.69, 9.17) is 4.74 Å². The van der Waals surface area contributed by atoms with Crippen molar-refractivity contribution in [3.63, 3.8) is 0 Å². The van der Waals surface area contributed by atoms with Crippen molar-refractivity contribution in [2.24, 2.45) is 0 Å². The lowest BCUT2D eigenvalue weighted by Gasteiger charge is -2.37. The zero-order chi connectivity index (χ0) is 26.0. The zero-order valence-corrected chi connectivity index (χ0v) is 24.2. The number of hydrogen-bond acceptors (Lipinski definition) is 1. The van der Waals surface area contributed by atoms with Crippen LogP contribution < -0.4 is 9.92 Å². The molecule has 0 amide bonds. The van der Waals surface area contributed by atoms with Crippen molar-refractivity contribution in [2.45, 2.75) is 95.9 Å². The van der Waals surface area contributed by atoms with Crippen LogP contribution in [0.15, 0.2) is 60.7 Å². The third kappa shape index (κ3) is 4.34. The Labute approximate surface area is 218 Å². The van der Waals surface area contributed by atoms with E-state index in [0.717, 1.165) is 29.3 Å². The van der Waals surface area contributed by atoms with E-state index in [1.165, 1.54) is 22.3 Å². The first-order valence-corrected chi connectivity index (χ1v) is 16.6. The Kier molecular flexibility index (Phi) is 6.02. The van der Waals surface area contributed by atoms with Gasteiger partial charge >= 0.3 is 0 Å². The second kappa shape index (κ2) is 8.58. The lowest BCUT2D eigenvalue weighted by Crippen LogP contribution is -2.48. The standard InChI is InChI=1S/C33H41FOSi/c1-32(2,3)29-17-21(34)18-30(31(29)35-33(4,5)6)36(7,8)22-19-27-25-15-11-9-13-23(25)24-14-10-12-16-26(24)28(27)20-22/h9-18,22,27-28H,19-20H2,1-8H3.